The molecule has 1 atom stereocenters. The summed E-state index contributed by atoms with van der Waals surface area (Å²) in [4.78, 5) is 11.7. The summed E-state index contributed by atoms with van der Waals surface area (Å²) in [5, 5.41) is 6.13. The van der Waals surface area contributed by atoms with Crippen LogP contribution in [0.15, 0.2) is 18.5 Å². The predicted molar refractivity (Wildman–Crippen MR) is 71.3 cm³/mol. The average molecular weight is 253 g/mol. The van der Waals surface area contributed by atoms with Crippen molar-refractivity contribution < 1.29 is 9.53 Å². The largest absolute Gasteiger partial charge is 0.383 e. The van der Waals surface area contributed by atoms with Crippen LogP contribution in [0.4, 0.5) is 0 Å². The zero-order valence-electron chi connectivity index (χ0n) is 11.4. The number of amides is 1. The van der Waals surface area contributed by atoms with Crippen LogP contribution in [0.3, 0.4) is 0 Å². The van der Waals surface area contributed by atoms with E-state index in [4.69, 9.17) is 4.74 Å². The summed E-state index contributed by atoms with van der Waals surface area (Å²) in [6, 6.07) is 2.06. The van der Waals surface area contributed by atoms with Crippen LogP contribution >= 0.6 is 0 Å². The minimum absolute atomic E-state index is 0.00477. The van der Waals surface area contributed by atoms with Gasteiger partial charge in [0, 0.05) is 32.1 Å². The Bertz CT molecular complexity index is 363. The van der Waals surface area contributed by atoms with Crippen molar-refractivity contribution in [3.63, 3.8) is 0 Å². The summed E-state index contributed by atoms with van der Waals surface area (Å²) < 4.78 is 6.86. The van der Waals surface area contributed by atoms with E-state index in [2.05, 4.69) is 17.6 Å². The number of nitrogens with zero attached hydrogens (tertiary/aromatic N) is 1. The third-order valence-electron chi connectivity index (χ3n) is 2.54. The van der Waals surface area contributed by atoms with Gasteiger partial charge in [0.2, 0.25) is 5.91 Å². The first kappa shape index (κ1) is 14.7. The van der Waals surface area contributed by atoms with Gasteiger partial charge >= 0.3 is 0 Å². The maximum atomic E-state index is 11.7. The standard InChI is InChI=1S/C13H23N3O2/c1-4-14-7-12-5-6-16(8-12)9-13(17)15-11(2)10-18-3/h5-6,8,11,14H,4,7,9-10H2,1-3H3,(H,15,17). The SMILES string of the molecule is CCNCc1ccn(CC(=O)NC(C)COC)c1. The molecular weight excluding hydrogens is 230 g/mol. The molecule has 1 heterocycles. The number of methoxy groups -OCH3 is 1. The van der Waals surface area contributed by atoms with Crippen LogP contribution in [0, 0.1) is 0 Å². The van der Waals surface area contributed by atoms with Crippen LogP contribution in [0.5, 0.6) is 0 Å². The number of nitrogens with one attached hydrogen (secondary N) is 2. The third-order valence-corrected chi connectivity index (χ3v) is 2.54. The number of rotatable bonds is 8. The van der Waals surface area contributed by atoms with Gasteiger partial charge < -0.3 is 19.9 Å². The van der Waals surface area contributed by atoms with Crippen LogP contribution in [0.25, 0.3) is 0 Å². The monoisotopic (exact) mass is 253 g/mol. The highest BCUT2D eigenvalue weighted by atomic mass is 16.5. The molecule has 102 valence electrons. The number of carbonyl (C=O) groups is 1. The lowest BCUT2D eigenvalue weighted by Gasteiger charge is -2.12. The highest BCUT2D eigenvalue weighted by Crippen LogP contribution is 2.00. The summed E-state index contributed by atoms with van der Waals surface area (Å²) >= 11 is 0. The molecule has 5 nitrogen and oxygen atoms in total. The summed E-state index contributed by atoms with van der Waals surface area (Å²) in [7, 11) is 1.63. The van der Waals surface area contributed by atoms with Gasteiger partial charge in [-0.05, 0) is 25.1 Å². The van der Waals surface area contributed by atoms with Gasteiger partial charge in [-0.15, -0.1) is 0 Å². The molecule has 0 saturated heterocycles. The zero-order valence-corrected chi connectivity index (χ0v) is 11.4. The molecule has 1 amide bonds. The van der Waals surface area contributed by atoms with Crippen molar-refractivity contribution in [1.82, 2.24) is 15.2 Å². The van der Waals surface area contributed by atoms with E-state index in [1.807, 2.05) is 30.0 Å². The van der Waals surface area contributed by atoms with Crippen molar-refractivity contribution in [2.24, 2.45) is 0 Å². The van der Waals surface area contributed by atoms with Crippen LogP contribution in [0.2, 0.25) is 0 Å². The number of carbonyl (C=O) groups excluding carboxylic acids is 1. The van der Waals surface area contributed by atoms with E-state index in [1.54, 1.807) is 7.11 Å². The molecule has 0 aliphatic heterocycles. The first-order valence-corrected chi connectivity index (χ1v) is 6.29. The lowest BCUT2D eigenvalue weighted by atomic mass is 10.3. The zero-order chi connectivity index (χ0) is 13.4. The molecule has 0 bridgehead atoms. The Morgan fingerprint density at radius 2 is 2.33 bits per heavy atom. The predicted octanol–water partition coefficient (Wildman–Crippen LogP) is 0.749. The fourth-order valence-electron chi connectivity index (χ4n) is 1.74. The summed E-state index contributed by atoms with van der Waals surface area (Å²) in [6.07, 6.45) is 3.91. The van der Waals surface area contributed by atoms with Gasteiger partial charge in [0.1, 0.15) is 6.54 Å². The summed E-state index contributed by atoms with van der Waals surface area (Å²) in [6.45, 7) is 6.66. The topological polar surface area (TPSA) is 55.3 Å². The number of aromatic nitrogens is 1. The second-order valence-corrected chi connectivity index (χ2v) is 4.40. The fourth-order valence-corrected chi connectivity index (χ4v) is 1.74. The molecule has 0 aromatic carbocycles. The molecule has 5 heteroatoms. The van der Waals surface area contributed by atoms with Crippen LogP contribution in [-0.2, 0) is 22.6 Å². The van der Waals surface area contributed by atoms with Crippen LogP contribution in [-0.4, -0.2) is 36.8 Å². The molecule has 18 heavy (non-hydrogen) atoms. The smallest absolute Gasteiger partial charge is 0.240 e. The summed E-state index contributed by atoms with van der Waals surface area (Å²) in [5.74, 6) is 0.00477. The first-order chi connectivity index (χ1) is 8.65. The van der Waals surface area contributed by atoms with Crippen LogP contribution in [0.1, 0.15) is 19.4 Å². The molecule has 0 aliphatic carbocycles. The Kier molecular flexibility index (Phi) is 6.46. The lowest BCUT2D eigenvalue weighted by Crippen LogP contribution is -2.37. The molecule has 0 spiro atoms. The van der Waals surface area contributed by atoms with E-state index >= 15 is 0 Å². The average Bonchev–Trinajstić information content (AvgIpc) is 2.74. The highest BCUT2D eigenvalue weighted by Gasteiger charge is 2.07. The second kappa shape index (κ2) is 7.89. The Morgan fingerprint density at radius 1 is 1.56 bits per heavy atom. The van der Waals surface area contributed by atoms with Gasteiger partial charge in [-0.1, -0.05) is 6.92 Å². The van der Waals surface area contributed by atoms with Crippen molar-refractivity contribution in [1.29, 1.82) is 0 Å². The number of hydrogen-bond acceptors (Lipinski definition) is 3. The van der Waals surface area contributed by atoms with E-state index in [-0.39, 0.29) is 11.9 Å². The van der Waals surface area contributed by atoms with Gasteiger partial charge in [-0.3, -0.25) is 4.79 Å². The number of ether oxygens (including phenoxy) is 1. The summed E-state index contributed by atoms with van der Waals surface area (Å²) in [5.41, 5.74) is 1.19. The van der Waals surface area contributed by atoms with Gasteiger partial charge in [-0.25, -0.2) is 0 Å². The van der Waals surface area contributed by atoms with E-state index < -0.39 is 0 Å². The number of hydrogen-bond donors (Lipinski definition) is 2. The van der Waals surface area contributed by atoms with Gasteiger partial charge in [0.05, 0.1) is 6.61 Å². The molecule has 1 rings (SSSR count). The molecule has 1 aromatic rings. The molecule has 0 aliphatic rings. The Balaban J connectivity index is 2.37. The van der Waals surface area contributed by atoms with Crippen molar-refractivity contribution in [2.75, 3.05) is 20.3 Å². The minimum Gasteiger partial charge on any atom is -0.383 e. The maximum Gasteiger partial charge on any atom is 0.240 e. The molecule has 1 unspecified atom stereocenters. The quantitative estimate of drug-likeness (QED) is 0.719. The molecule has 0 fully saturated rings. The van der Waals surface area contributed by atoms with Crippen molar-refractivity contribution in [3.8, 4) is 0 Å². The van der Waals surface area contributed by atoms with Gasteiger partial charge in [0.25, 0.3) is 0 Å². The van der Waals surface area contributed by atoms with Gasteiger partial charge in [-0.2, -0.15) is 0 Å². The molecule has 2 N–H and O–H groups in total. The molecule has 0 saturated carbocycles. The Labute approximate surface area is 109 Å². The van der Waals surface area contributed by atoms with Crippen LogP contribution < -0.4 is 10.6 Å². The fraction of sp³-hybridized carbons (Fsp3) is 0.615. The Hall–Kier alpha value is -1.33. The molecular formula is C13H23N3O2. The van der Waals surface area contributed by atoms with E-state index in [9.17, 15) is 4.79 Å². The normalized spacial score (nSPS) is 12.4. The third kappa shape index (κ3) is 5.33. The first-order valence-electron chi connectivity index (χ1n) is 6.29. The molecule has 1 aromatic heterocycles. The highest BCUT2D eigenvalue weighted by molar-refractivity contribution is 5.76. The lowest BCUT2D eigenvalue weighted by molar-refractivity contribution is -0.122. The van der Waals surface area contributed by atoms with Crippen molar-refractivity contribution >= 4 is 5.91 Å². The van der Waals surface area contributed by atoms with Crippen molar-refractivity contribution in [2.45, 2.75) is 33.0 Å². The minimum atomic E-state index is 0.00477. The maximum absolute atomic E-state index is 11.7. The van der Waals surface area contributed by atoms with Crippen molar-refractivity contribution in [3.05, 3.63) is 24.0 Å². The Morgan fingerprint density at radius 3 is 3.00 bits per heavy atom. The second-order valence-electron chi connectivity index (χ2n) is 4.40. The van der Waals surface area contributed by atoms with E-state index in [1.165, 1.54) is 5.56 Å². The molecule has 0 radical (unpaired) electrons. The van der Waals surface area contributed by atoms with E-state index in [0.29, 0.717) is 13.2 Å². The van der Waals surface area contributed by atoms with Gasteiger partial charge in [0.15, 0.2) is 0 Å². The van der Waals surface area contributed by atoms with E-state index in [0.717, 1.165) is 13.1 Å².